The van der Waals surface area contributed by atoms with E-state index in [9.17, 15) is 4.39 Å². The lowest BCUT2D eigenvalue weighted by molar-refractivity contribution is 0.338. The lowest BCUT2D eigenvalue weighted by Gasteiger charge is -2.24. The molecule has 0 saturated heterocycles. The number of rotatable bonds is 4. The van der Waals surface area contributed by atoms with Crippen LogP contribution in [0.25, 0.3) is 0 Å². The zero-order chi connectivity index (χ0) is 13.5. The van der Waals surface area contributed by atoms with Crippen LogP contribution in [0, 0.1) is 5.82 Å². The minimum absolute atomic E-state index is 0.119. The molecule has 2 N–H and O–H groups in total. The molecule has 1 aliphatic rings. The highest BCUT2D eigenvalue weighted by atomic mass is 79.9. The first-order valence-electron chi connectivity index (χ1n) is 5.84. The van der Waals surface area contributed by atoms with Gasteiger partial charge in [-0.25, -0.2) is 4.39 Å². The van der Waals surface area contributed by atoms with Gasteiger partial charge in [-0.2, -0.15) is 0 Å². The second-order valence-electron chi connectivity index (χ2n) is 4.73. The van der Waals surface area contributed by atoms with E-state index in [0.717, 1.165) is 12.8 Å². The quantitative estimate of drug-likeness (QED) is 0.928. The fourth-order valence-corrected chi connectivity index (χ4v) is 3.04. The van der Waals surface area contributed by atoms with Gasteiger partial charge in [0.2, 0.25) is 0 Å². The molecule has 1 fully saturated rings. The number of methoxy groups -OCH3 is 2. The van der Waals surface area contributed by atoms with Crippen LogP contribution in [0.2, 0.25) is 0 Å². The van der Waals surface area contributed by atoms with E-state index in [-0.39, 0.29) is 17.3 Å². The van der Waals surface area contributed by atoms with Crippen LogP contribution < -0.4 is 15.2 Å². The van der Waals surface area contributed by atoms with Crippen molar-refractivity contribution >= 4 is 15.9 Å². The summed E-state index contributed by atoms with van der Waals surface area (Å²) >= 11 is 3.28. The molecule has 1 atom stereocenters. The predicted molar refractivity (Wildman–Crippen MR) is 71.8 cm³/mol. The summed E-state index contributed by atoms with van der Waals surface area (Å²) in [7, 11) is 3.06. The van der Waals surface area contributed by atoms with E-state index < -0.39 is 0 Å². The predicted octanol–water partition coefficient (Wildman–Crippen LogP) is 2.98. The minimum atomic E-state index is -0.316. The average Bonchev–Trinajstić information content (AvgIpc) is 3.09. The maximum Gasteiger partial charge on any atom is 0.175 e. The van der Waals surface area contributed by atoms with Gasteiger partial charge in [0, 0.05) is 17.0 Å². The van der Waals surface area contributed by atoms with Crippen LogP contribution in [0.15, 0.2) is 10.5 Å². The van der Waals surface area contributed by atoms with Crippen LogP contribution in [0.4, 0.5) is 4.39 Å². The van der Waals surface area contributed by atoms with Crippen molar-refractivity contribution in [3.8, 4) is 11.5 Å². The molecule has 18 heavy (non-hydrogen) atoms. The lowest BCUT2D eigenvalue weighted by atomic mass is 9.88. The Morgan fingerprint density at radius 1 is 1.33 bits per heavy atom. The molecule has 1 aliphatic carbocycles. The molecule has 0 aliphatic heterocycles. The number of benzene rings is 1. The van der Waals surface area contributed by atoms with Crippen LogP contribution in [0.5, 0.6) is 11.5 Å². The molecule has 3 nitrogen and oxygen atoms in total. The van der Waals surface area contributed by atoms with Crippen LogP contribution in [0.3, 0.4) is 0 Å². The summed E-state index contributed by atoms with van der Waals surface area (Å²) in [6.45, 7) is 1.90. The van der Waals surface area contributed by atoms with Crippen molar-refractivity contribution in [2.24, 2.45) is 5.73 Å². The number of hydrogen-bond donors (Lipinski definition) is 1. The van der Waals surface area contributed by atoms with E-state index >= 15 is 0 Å². The van der Waals surface area contributed by atoms with Gasteiger partial charge >= 0.3 is 0 Å². The smallest absolute Gasteiger partial charge is 0.175 e. The van der Waals surface area contributed by atoms with Gasteiger partial charge in [0.05, 0.1) is 18.7 Å². The van der Waals surface area contributed by atoms with Gasteiger partial charge in [-0.15, -0.1) is 0 Å². The average molecular weight is 318 g/mol. The summed E-state index contributed by atoms with van der Waals surface area (Å²) in [5.41, 5.74) is 6.24. The van der Waals surface area contributed by atoms with Crippen molar-refractivity contribution in [2.75, 3.05) is 14.2 Å². The van der Waals surface area contributed by atoms with Crippen molar-refractivity contribution in [1.82, 2.24) is 0 Å². The Hall–Kier alpha value is -0.810. The second kappa shape index (κ2) is 4.70. The van der Waals surface area contributed by atoms with Crippen molar-refractivity contribution in [2.45, 2.75) is 31.2 Å². The Morgan fingerprint density at radius 2 is 1.89 bits per heavy atom. The fraction of sp³-hybridized carbons (Fsp3) is 0.538. The van der Waals surface area contributed by atoms with E-state index in [2.05, 4.69) is 15.9 Å². The summed E-state index contributed by atoms with van der Waals surface area (Å²) in [6.07, 6.45) is 1.76. The SMILES string of the molecule is COc1c(Br)cc(F)c(C2(C(C)N)CC2)c1OC. The molecule has 1 aromatic rings. The first-order valence-corrected chi connectivity index (χ1v) is 6.63. The standard InChI is InChI=1S/C13H17BrFNO2/c1-7(16)13(4-5-13)10-9(15)6-8(14)11(17-2)12(10)18-3/h6-7H,4-5,16H2,1-3H3. The molecule has 0 heterocycles. The fourth-order valence-electron chi connectivity index (χ4n) is 2.50. The molecular formula is C13H17BrFNO2. The lowest BCUT2D eigenvalue weighted by Crippen LogP contribution is -2.32. The Kier molecular flexibility index (Phi) is 3.56. The second-order valence-corrected chi connectivity index (χ2v) is 5.58. The molecule has 0 bridgehead atoms. The molecule has 0 radical (unpaired) electrons. The van der Waals surface area contributed by atoms with Crippen molar-refractivity contribution in [3.63, 3.8) is 0 Å². The molecule has 1 unspecified atom stereocenters. The molecule has 0 spiro atoms. The van der Waals surface area contributed by atoms with Crippen molar-refractivity contribution in [3.05, 3.63) is 21.9 Å². The van der Waals surface area contributed by atoms with Gasteiger partial charge in [-0.3, -0.25) is 0 Å². The monoisotopic (exact) mass is 317 g/mol. The Balaban J connectivity index is 2.67. The maximum atomic E-state index is 14.3. The summed E-state index contributed by atoms with van der Waals surface area (Å²) in [6, 6.07) is 1.30. The highest BCUT2D eigenvalue weighted by Gasteiger charge is 2.51. The summed E-state index contributed by atoms with van der Waals surface area (Å²) in [4.78, 5) is 0. The van der Waals surface area contributed by atoms with Gasteiger partial charge in [0.15, 0.2) is 11.5 Å². The van der Waals surface area contributed by atoms with Gasteiger partial charge in [0.1, 0.15) is 5.82 Å². The summed E-state index contributed by atoms with van der Waals surface area (Å²) < 4.78 is 25.5. The van der Waals surface area contributed by atoms with Crippen LogP contribution >= 0.6 is 15.9 Å². The highest BCUT2D eigenvalue weighted by molar-refractivity contribution is 9.10. The van der Waals surface area contributed by atoms with E-state index in [4.69, 9.17) is 15.2 Å². The third-order valence-electron chi connectivity index (χ3n) is 3.71. The zero-order valence-electron chi connectivity index (χ0n) is 10.7. The van der Waals surface area contributed by atoms with E-state index in [1.54, 1.807) is 0 Å². The number of hydrogen-bond acceptors (Lipinski definition) is 3. The van der Waals surface area contributed by atoms with Crippen LogP contribution in [-0.4, -0.2) is 20.3 Å². The van der Waals surface area contributed by atoms with Crippen molar-refractivity contribution < 1.29 is 13.9 Å². The summed E-state index contributed by atoms with van der Waals surface area (Å²) in [5.74, 6) is 0.661. The molecule has 5 heteroatoms. The topological polar surface area (TPSA) is 44.5 Å². The first-order chi connectivity index (χ1) is 8.47. The molecular weight excluding hydrogens is 301 g/mol. The Morgan fingerprint density at radius 3 is 2.28 bits per heavy atom. The number of halogens is 2. The molecule has 100 valence electrons. The largest absolute Gasteiger partial charge is 0.492 e. The molecule has 1 aromatic carbocycles. The van der Waals surface area contributed by atoms with Crippen LogP contribution in [0.1, 0.15) is 25.3 Å². The van der Waals surface area contributed by atoms with Crippen LogP contribution in [-0.2, 0) is 5.41 Å². The third-order valence-corrected chi connectivity index (χ3v) is 4.30. The van der Waals surface area contributed by atoms with E-state index in [1.165, 1.54) is 20.3 Å². The Labute approximate surface area is 115 Å². The van der Waals surface area contributed by atoms with E-state index in [1.807, 2.05) is 6.92 Å². The van der Waals surface area contributed by atoms with Gasteiger partial charge in [0.25, 0.3) is 0 Å². The summed E-state index contributed by atoms with van der Waals surface area (Å²) in [5, 5.41) is 0. The van der Waals surface area contributed by atoms with Gasteiger partial charge in [-0.05, 0) is 41.8 Å². The molecule has 1 saturated carbocycles. The number of ether oxygens (including phenoxy) is 2. The van der Waals surface area contributed by atoms with Gasteiger partial charge in [-0.1, -0.05) is 0 Å². The first kappa shape index (κ1) is 13.6. The number of nitrogens with two attached hydrogens (primary N) is 1. The normalized spacial score (nSPS) is 18.3. The molecule has 0 aromatic heterocycles. The Bertz CT molecular complexity index is 473. The minimum Gasteiger partial charge on any atom is -0.492 e. The van der Waals surface area contributed by atoms with Crippen molar-refractivity contribution in [1.29, 1.82) is 0 Å². The third kappa shape index (κ3) is 1.89. The van der Waals surface area contributed by atoms with E-state index in [0.29, 0.717) is 21.5 Å². The van der Waals surface area contributed by atoms with Gasteiger partial charge < -0.3 is 15.2 Å². The molecule has 2 rings (SSSR count). The molecule has 0 amide bonds. The maximum absolute atomic E-state index is 14.3. The highest BCUT2D eigenvalue weighted by Crippen LogP contribution is 2.56. The zero-order valence-corrected chi connectivity index (χ0v) is 12.3.